The van der Waals surface area contributed by atoms with E-state index in [2.05, 4.69) is 0 Å². The largest absolute Gasteiger partial charge is 0.478 e. The summed E-state index contributed by atoms with van der Waals surface area (Å²) < 4.78 is 26.8. The fraction of sp³-hybridized carbons (Fsp3) is 0.0667. The highest BCUT2D eigenvalue weighted by atomic mass is 32.2. The number of benzene rings is 2. The lowest BCUT2D eigenvalue weighted by molar-refractivity contribution is 0.0696. The lowest BCUT2D eigenvalue weighted by Crippen LogP contribution is -1.97. The van der Waals surface area contributed by atoms with Crippen LogP contribution >= 0.6 is 11.8 Å². The zero-order valence-corrected chi connectivity index (χ0v) is 11.5. The van der Waals surface area contributed by atoms with Crippen LogP contribution in [0.2, 0.25) is 0 Å². The molecule has 0 saturated carbocycles. The molecule has 0 unspecified atom stereocenters. The van der Waals surface area contributed by atoms with E-state index in [1.165, 1.54) is 30.3 Å². The van der Waals surface area contributed by atoms with Crippen molar-refractivity contribution in [2.24, 2.45) is 0 Å². The van der Waals surface area contributed by atoms with Crippen molar-refractivity contribution in [1.82, 2.24) is 0 Å². The van der Waals surface area contributed by atoms with Crippen molar-refractivity contribution in [2.75, 3.05) is 0 Å². The monoisotopic (exact) mass is 305 g/mol. The van der Waals surface area contributed by atoms with E-state index in [1.807, 2.05) is 6.07 Å². The third-order valence-electron chi connectivity index (χ3n) is 2.75. The molecular weight excluding hydrogens is 296 g/mol. The highest BCUT2D eigenvalue weighted by Gasteiger charge is 2.11. The minimum absolute atomic E-state index is 0.0290. The van der Waals surface area contributed by atoms with Gasteiger partial charge >= 0.3 is 5.97 Å². The van der Waals surface area contributed by atoms with Gasteiger partial charge in [0.05, 0.1) is 17.2 Å². The Labute approximate surface area is 123 Å². The Hall–Kier alpha value is -2.39. The van der Waals surface area contributed by atoms with Crippen LogP contribution in [0.25, 0.3) is 0 Å². The molecule has 3 nitrogen and oxygen atoms in total. The van der Waals surface area contributed by atoms with Crippen LogP contribution in [0.1, 0.15) is 21.5 Å². The van der Waals surface area contributed by atoms with E-state index >= 15 is 0 Å². The predicted molar refractivity (Wildman–Crippen MR) is 74.0 cm³/mol. The highest BCUT2D eigenvalue weighted by Crippen LogP contribution is 2.28. The van der Waals surface area contributed by atoms with Gasteiger partial charge in [0, 0.05) is 10.6 Å². The van der Waals surface area contributed by atoms with Gasteiger partial charge in [-0.05, 0) is 42.0 Å². The highest BCUT2D eigenvalue weighted by molar-refractivity contribution is 7.98. The van der Waals surface area contributed by atoms with Gasteiger partial charge in [-0.25, -0.2) is 13.6 Å². The van der Waals surface area contributed by atoms with E-state index in [-0.39, 0.29) is 16.2 Å². The molecule has 2 rings (SSSR count). The van der Waals surface area contributed by atoms with Crippen LogP contribution in [-0.4, -0.2) is 11.1 Å². The maximum absolute atomic E-state index is 13.6. The number of nitrogens with zero attached hydrogens (tertiary/aromatic N) is 1. The average molecular weight is 305 g/mol. The van der Waals surface area contributed by atoms with Crippen LogP contribution in [0, 0.1) is 23.0 Å². The number of nitriles is 1. The molecule has 0 spiro atoms. The number of halogens is 2. The second-order valence-corrected chi connectivity index (χ2v) is 5.17. The fourth-order valence-electron chi connectivity index (χ4n) is 1.69. The Morgan fingerprint density at radius 2 is 2.00 bits per heavy atom. The third-order valence-corrected chi connectivity index (χ3v) is 3.83. The zero-order valence-electron chi connectivity index (χ0n) is 10.6. The first kappa shape index (κ1) is 15.0. The van der Waals surface area contributed by atoms with Crippen molar-refractivity contribution in [3.8, 4) is 6.07 Å². The first-order valence-electron chi connectivity index (χ1n) is 5.85. The Balaban J connectivity index is 2.24. The molecule has 0 amide bonds. The molecule has 2 aromatic rings. The number of hydrogen-bond donors (Lipinski definition) is 1. The Kier molecular flexibility index (Phi) is 4.55. The molecule has 0 radical (unpaired) electrons. The van der Waals surface area contributed by atoms with Gasteiger partial charge in [-0.15, -0.1) is 11.8 Å². The summed E-state index contributed by atoms with van der Waals surface area (Å²) in [6, 6.07) is 9.14. The second-order valence-electron chi connectivity index (χ2n) is 4.15. The summed E-state index contributed by atoms with van der Waals surface area (Å²) in [5.41, 5.74) is 0.708. The van der Waals surface area contributed by atoms with Crippen LogP contribution in [0.3, 0.4) is 0 Å². The molecule has 0 bridgehead atoms. The predicted octanol–water partition coefficient (Wildman–Crippen LogP) is 3.83. The molecule has 0 heterocycles. The van der Waals surface area contributed by atoms with Crippen LogP contribution in [0.15, 0.2) is 41.3 Å². The van der Waals surface area contributed by atoms with Crippen LogP contribution in [0.4, 0.5) is 8.78 Å². The summed E-state index contributed by atoms with van der Waals surface area (Å²) in [5, 5.41) is 17.8. The average Bonchev–Trinajstić information content (AvgIpc) is 2.46. The molecule has 0 aliphatic heterocycles. The van der Waals surface area contributed by atoms with Gasteiger partial charge in [0.1, 0.15) is 11.6 Å². The molecule has 0 aliphatic rings. The lowest BCUT2D eigenvalue weighted by atomic mass is 10.1. The quantitative estimate of drug-likeness (QED) is 0.872. The summed E-state index contributed by atoms with van der Waals surface area (Å²) in [6.45, 7) is 0. The van der Waals surface area contributed by atoms with Gasteiger partial charge in [0.15, 0.2) is 0 Å². The molecule has 6 heteroatoms. The third kappa shape index (κ3) is 3.58. The molecule has 106 valence electrons. The number of carbonyl (C=O) groups is 1. The Morgan fingerprint density at radius 3 is 2.67 bits per heavy atom. The maximum atomic E-state index is 13.6. The van der Waals surface area contributed by atoms with Gasteiger partial charge in [0.2, 0.25) is 0 Å². The minimum Gasteiger partial charge on any atom is -0.478 e. The minimum atomic E-state index is -1.15. The van der Waals surface area contributed by atoms with Crippen molar-refractivity contribution in [3.05, 3.63) is 64.7 Å². The SMILES string of the molecule is N#Cc1ccc(F)cc1CSc1cc(C(=O)O)ccc1F. The van der Waals surface area contributed by atoms with E-state index in [4.69, 9.17) is 10.4 Å². The van der Waals surface area contributed by atoms with Gasteiger partial charge in [0.25, 0.3) is 0 Å². The van der Waals surface area contributed by atoms with Gasteiger partial charge in [-0.3, -0.25) is 0 Å². The van der Waals surface area contributed by atoms with Crippen LogP contribution in [-0.2, 0) is 5.75 Å². The summed E-state index contributed by atoms with van der Waals surface area (Å²) in [4.78, 5) is 11.0. The van der Waals surface area contributed by atoms with Crippen molar-refractivity contribution in [3.63, 3.8) is 0 Å². The number of hydrogen-bond acceptors (Lipinski definition) is 3. The van der Waals surface area contributed by atoms with E-state index < -0.39 is 17.6 Å². The maximum Gasteiger partial charge on any atom is 0.335 e. The fourth-order valence-corrected chi connectivity index (χ4v) is 2.66. The summed E-state index contributed by atoms with van der Waals surface area (Å²) in [7, 11) is 0. The van der Waals surface area contributed by atoms with E-state index in [0.717, 1.165) is 17.8 Å². The van der Waals surface area contributed by atoms with Crippen LogP contribution in [0.5, 0.6) is 0 Å². The molecular formula is C15H9F2NO2S. The van der Waals surface area contributed by atoms with E-state index in [1.54, 1.807) is 0 Å². The van der Waals surface area contributed by atoms with Crippen molar-refractivity contribution >= 4 is 17.7 Å². The molecule has 0 saturated heterocycles. The standard InChI is InChI=1S/C15H9F2NO2S/c16-12-3-1-10(7-18)11(5-12)8-21-14-6-9(15(19)20)2-4-13(14)17/h1-6H,8H2,(H,19,20). The van der Waals surface area contributed by atoms with Crippen molar-refractivity contribution in [1.29, 1.82) is 5.26 Å². The topological polar surface area (TPSA) is 61.1 Å². The second kappa shape index (κ2) is 6.37. The summed E-state index contributed by atoms with van der Waals surface area (Å²) in [5.74, 6) is -2.02. The molecule has 0 aromatic heterocycles. The molecule has 1 N–H and O–H groups in total. The first-order chi connectivity index (χ1) is 10.0. The van der Waals surface area contributed by atoms with Crippen molar-refractivity contribution in [2.45, 2.75) is 10.6 Å². The number of carboxylic acids is 1. The number of thioether (sulfide) groups is 1. The molecule has 21 heavy (non-hydrogen) atoms. The Morgan fingerprint density at radius 1 is 1.24 bits per heavy atom. The molecule has 0 aliphatic carbocycles. The number of carboxylic acid groups (broad SMARTS) is 1. The van der Waals surface area contributed by atoms with Gasteiger partial charge < -0.3 is 5.11 Å². The van der Waals surface area contributed by atoms with Crippen LogP contribution < -0.4 is 0 Å². The van der Waals surface area contributed by atoms with Gasteiger partial charge in [-0.2, -0.15) is 5.26 Å². The summed E-state index contributed by atoms with van der Waals surface area (Å²) >= 11 is 1.01. The zero-order chi connectivity index (χ0) is 15.4. The summed E-state index contributed by atoms with van der Waals surface area (Å²) in [6.07, 6.45) is 0. The Bertz CT molecular complexity index is 741. The molecule has 0 atom stereocenters. The van der Waals surface area contributed by atoms with E-state index in [0.29, 0.717) is 11.1 Å². The van der Waals surface area contributed by atoms with E-state index in [9.17, 15) is 13.6 Å². The smallest absolute Gasteiger partial charge is 0.335 e. The lowest BCUT2D eigenvalue weighted by Gasteiger charge is -2.06. The van der Waals surface area contributed by atoms with Crippen molar-refractivity contribution < 1.29 is 18.7 Å². The van der Waals surface area contributed by atoms with Gasteiger partial charge in [-0.1, -0.05) is 0 Å². The normalized spacial score (nSPS) is 10.1. The molecule has 2 aromatic carbocycles. The number of rotatable bonds is 4. The molecule has 0 fully saturated rings. The first-order valence-corrected chi connectivity index (χ1v) is 6.84. The number of aromatic carboxylic acids is 1.